The fourth-order valence-electron chi connectivity index (χ4n) is 1.99. The van der Waals surface area contributed by atoms with Gasteiger partial charge in [0.1, 0.15) is 5.82 Å². The van der Waals surface area contributed by atoms with Crippen molar-refractivity contribution in [3.05, 3.63) is 51.7 Å². The first-order valence-corrected chi connectivity index (χ1v) is 7.34. The SMILES string of the molecule is Cc1cnc(CCNC(C)Cc2ccc(F)cc2)s1. The molecule has 19 heavy (non-hydrogen) atoms. The largest absolute Gasteiger partial charge is 0.314 e. The van der Waals surface area contributed by atoms with E-state index in [1.807, 2.05) is 18.3 Å². The molecule has 0 fully saturated rings. The Balaban J connectivity index is 1.72. The standard InChI is InChI=1S/C15H19FN2S/c1-11(9-13-3-5-14(16)6-4-13)17-8-7-15-18-10-12(2)19-15/h3-6,10-11,17H,7-9H2,1-2H3. The molecule has 2 rings (SSSR count). The average molecular weight is 278 g/mol. The summed E-state index contributed by atoms with van der Waals surface area (Å²) in [5.74, 6) is -0.177. The molecule has 1 N–H and O–H groups in total. The predicted molar refractivity (Wildman–Crippen MR) is 78.1 cm³/mol. The van der Waals surface area contributed by atoms with Gasteiger partial charge in [-0.3, -0.25) is 0 Å². The Morgan fingerprint density at radius 1 is 1.32 bits per heavy atom. The van der Waals surface area contributed by atoms with Crippen molar-refractivity contribution in [1.82, 2.24) is 10.3 Å². The fourth-order valence-corrected chi connectivity index (χ4v) is 2.78. The third-order valence-electron chi connectivity index (χ3n) is 2.96. The molecule has 1 unspecified atom stereocenters. The van der Waals surface area contributed by atoms with Crippen LogP contribution in [0.15, 0.2) is 30.5 Å². The van der Waals surface area contributed by atoms with Crippen LogP contribution in [0.2, 0.25) is 0 Å². The smallest absolute Gasteiger partial charge is 0.123 e. The Hall–Kier alpha value is -1.26. The molecule has 1 atom stereocenters. The van der Waals surface area contributed by atoms with Crippen LogP contribution < -0.4 is 5.32 Å². The molecule has 1 aromatic heterocycles. The van der Waals surface area contributed by atoms with Crippen LogP contribution in [0.5, 0.6) is 0 Å². The lowest BCUT2D eigenvalue weighted by atomic mass is 10.1. The normalized spacial score (nSPS) is 12.6. The first-order chi connectivity index (χ1) is 9.13. The van der Waals surface area contributed by atoms with E-state index in [2.05, 4.69) is 24.1 Å². The molecule has 4 heteroatoms. The van der Waals surface area contributed by atoms with Crippen LogP contribution in [0.25, 0.3) is 0 Å². The number of aromatic nitrogens is 1. The maximum absolute atomic E-state index is 12.8. The van der Waals surface area contributed by atoms with E-state index in [1.54, 1.807) is 11.3 Å². The minimum Gasteiger partial charge on any atom is -0.314 e. The number of nitrogens with zero attached hydrogens (tertiary/aromatic N) is 1. The van der Waals surface area contributed by atoms with Crippen LogP contribution in [0, 0.1) is 12.7 Å². The van der Waals surface area contributed by atoms with E-state index in [4.69, 9.17) is 0 Å². The molecular weight excluding hydrogens is 259 g/mol. The summed E-state index contributed by atoms with van der Waals surface area (Å²) < 4.78 is 12.8. The molecule has 1 heterocycles. The summed E-state index contributed by atoms with van der Waals surface area (Å²) in [6.45, 7) is 5.15. The number of thiazole rings is 1. The van der Waals surface area contributed by atoms with Crippen LogP contribution in [-0.4, -0.2) is 17.6 Å². The van der Waals surface area contributed by atoms with Crippen LogP contribution >= 0.6 is 11.3 Å². The van der Waals surface area contributed by atoms with Crippen molar-refractivity contribution in [2.75, 3.05) is 6.54 Å². The second-order valence-electron chi connectivity index (χ2n) is 4.80. The van der Waals surface area contributed by atoms with E-state index < -0.39 is 0 Å². The molecule has 0 saturated carbocycles. The topological polar surface area (TPSA) is 24.9 Å². The molecule has 0 aliphatic heterocycles. The highest BCUT2D eigenvalue weighted by atomic mass is 32.1. The Labute approximate surface area is 117 Å². The van der Waals surface area contributed by atoms with Crippen LogP contribution in [-0.2, 0) is 12.8 Å². The first-order valence-electron chi connectivity index (χ1n) is 6.52. The Kier molecular flexibility index (Phi) is 5.05. The van der Waals surface area contributed by atoms with Gasteiger partial charge in [-0.2, -0.15) is 0 Å². The summed E-state index contributed by atoms with van der Waals surface area (Å²) in [6, 6.07) is 7.10. The van der Waals surface area contributed by atoms with Gasteiger partial charge in [-0.05, 0) is 38.0 Å². The third-order valence-corrected chi connectivity index (χ3v) is 3.93. The van der Waals surface area contributed by atoms with E-state index >= 15 is 0 Å². The summed E-state index contributed by atoms with van der Waals surface area (Å²) in [4.78, 5) is 5.60. The van der Waals surface area contributed by atoms with Crippen molar-refractivity contribution in [1.29, 1.82) is 0 Å². The molecule has 0 amide bonds. The molecular formula is C15H19FN2S. The molecule has 1 aromatic carbocycles. The van der Waals surface area contributed by atoms with Crippen molar-refractivity contribution < 1.29 is 4.39 Å². The number of rotatable bonds is 6. The summed E-state index contributed by atoms with van der Waals surface area (Å²) in [7, 11) is 0. The molecule has 102 valence electrons. The summed E-state index contributed by atoms with van der Waals surface area (Å²) in [5.41, 5.74) is 1.16. The van der Waals surface area contributed by atoms with E-state index in [0.29, 0.717) is 6.04 Å². The van der Waals surface area contributed by atoms with Crippen LogP contribution in [0.4, 0.5) is 4.39 Å². The zero-order valence-electron chi connectivity index (χ0n) is 11.3. The minimum atomic E-state index is -0.177. The number of hydrogen-bond donors (Lipinski definition) is 1. The number of benzene rings is 1. The van der Waals surface area contributed by atoms with Gasteiger partial charge in [0.05, 0.1) is 5.01 Å². The number of hydrogen-bond acceptors (Lipinski definition) is 3. The quantitative estimate of drug-likeness (QED) is 0.876. The van der Waals surface area contributed by atoms with Crippen molar-refractivity contribution in [2.45, 2.75) is 32.7 Å². The average Bonchev–Trinajstić information content (AvgIpc) is 2.78. The lowest BCUT2D eigenvalue weighted by Crippen LogP contribution is -2.29. The molecule has 0 aliphatic carbocycles. The highest BCUT2D eigenvalue weighted by Gasteiger charge is 2.04. The predicted octanol–water partition coefficient (Wildman–Crippen LogP) is 3.35. The molecule has 0 radical (unpaired) electrons. The lowest BCUT2D eigenvalue weighted by Gasteiger charge is -2.13. The third kappa shape index (κ3) is 4.73. The molecule has 0 aliphatic rings. The molecule has 2 nitrogen and oxygen atoms in total. The van der Waals surface area contributed by atoms with E-state index in [1.165, 1.54) is 22.0 Å². The van der Waals surface area contributed by atoms with E-state index in [0.717, 1.165) is 24.9 Å². The van der Waals surface area contributed by atoms with Gasteiger partial charge in [0.2, 0.25) is 0 Å². The van der Waals surface area contributed by atoms with Gasteiger partial charge >= 0.3 is 0 Å². The van der Waals surface area contributed by atoms with Gasteiger partial charge in [0, 0.05) is 30.1 Å². The Morgan fingerprint density at radius 3 is 2.68 bits per heavy atom. The molecule has 2 aromatic rings. The van der Waals surface area contributed by atoms with Crippen LogP contribution in [0.3, 0.4) is 0 Å². The van der Waals surface area contributed by atoms with Gasteiger partial charge in [0.25, 0.3) is 0 Å². The minimum absolute atomic E-state index is 0.177. The fraction of sp³-hybridized carbons (Fsp3) is 0.400. The molecule has 0 bridgehead atoms. The highest BCUT2D eigenvalue weighted by molar-refractivity contribution is 7.11. The zero-order valence-corrected chi connectivity index (χ0v) is 12.1. The maximum atomic E-state index is 12.8. The maximum Gasteiger partial charge on any atom is 0.123 e. The highest BCUT2D eigenvalue weighted by Crippen LogP contribution is 2.11. The lowest BCUT2D eigenvalue weighted by molar-refractivity contribution is 0.547. The number of halogens is 1. The summed E-state index contributed by atoms with van der Waals surface area (Å²) in [5, 5.41) is 4.66. The summed E-state index contributed by atoms with van der Waals surface area (Å²) in [6.07, 6.45) is 3.80. The number of nitrogens with one attached hydrogen (secondary N) is 1. The molecule has 0 saturated heterocycles. The van der Waals surface area contributed by atoms with Crippen molar-refractivity contribution in [2.24, 2.45) is 0 Å². The zero-order chi connectivity index (χ0) is 13.7. The monoisotopic (exact) mass is 278 g/mol. The summed E-state index contributed by atoms with van der Waals surface area (Å²) >= 11 is 1.75. The second kappa shape index (κ2) is 6.78. The Bertz CT molecular complexity index is 507. The Morgan fingerprint density at radius 2 is 2.05 bits per heavy atom. The van der Waals surface area contributed by atoms with Crippen molar-refractivity contribution in [3.8, 4) is 0 Å². The molecule has 0 spiro atoms. The number of aryl methyl sites for hydroxylation is 1. The van der Waals surface area contributed by atoms with Gasteiger partial charge in [-0.1, -0.05) is 12.1 Å². The first kappa shape index (κ1) is 14.2. The van der Waals surface area contributed by atoms with Gasteiger partial charge in [-0.25, -0.2) is 9.37 Å². The second-order valence-corrected chi connectivity index (χ2v) is 6.12. The van der Waals surface area contributed by atoms with Crippen LogP contribution in [0.1, 0.15) is 22.4 Å². The van der Waals surface area contributed by atoms with Crippen molar-refractivity contribution >= 4 is 11.3 Å². The van der Waals surface area contributed by atoms with E-state index in [9.17, 15) is 4.39 Å². The van der Waals surface area contributed by atoms with Gasteiger partial charge < -0.3 is 5.32 Å². The van der Waals surface area contributed by atoms with Gasteiger partial charge in [0.15, 0.2) is 0 Å². The van der Waals surface area contributed by atoms with Gasteiger partial charge in [-0.15, -0.1) is 11.3 Å². The van der Waals surface area contributed by atoms with Crippen molar-refractivity contribution in [3.63, 3.8) is 0 Å². The van der Waals surface area contributed by atoms with E-state index in [-0.39, 0.29) is 5.82 Å².